The van der Waals surface area contributed by atoms with E-state index in [1.165, 1.54) is 17.6 Å². The Morgan fingerprint density at radius 2 is 1.78 bits per heavy atom. The van der Waals surface area contributed by atoms with Gasteiger partial charge in [-0.2, -0.15) is 0 Å². The van der Waals surface area contributed by atoms with Gasteiger partial charge in [0.2, 0.25) is 8.32 Å². The van der Waals surface area contributed by atoms with Crippen LogP contribution in [-0.4, -0.2) is 8.32 Å². The summed E-state index contributed by atoms with van der Waals surface area (Å²) in [6.45, 7) is 15.9. The quantitative estimate of drug-likeness (QED) is 0.385. The lowest BCUT2D eigenvalue weighted by Gasteiger charge is -2.35. The molecule has 128 valence electrons. The first-order chi connectivity index (χ1) is 10.7. The predicted octanol–water partition coefficient (Wildman–Crippen LogP) is 7.04. The summed E-state index contributed by atoms with van der Waals surface area (Å²) >= 11 is 0. The van der Waals surface area contributed by atoms with Crippen LogP contribution in [0.5, 0.6) is 0 Å². The third-order valence-electron chi connectivity index (χ3n) is 4.86. The van der Waals surface area contributed by atoms with E-state index in [0.29, 0.717) is 5.92 Å². The van der Waals surface area contributed by atoms with Gasteiger partial charge in [-0.15, -0.1) is 0 Å². The molecule has 23 heavy (non-hydrogen) atoms. The molecule has 0 aliphatic rings. The molecule has 0 heterocycles. The second-order valence-corrected chi connectivity index (χ2v) is 12.7. The van der Waals surface area contributed by atoms with Crippen LogP contribution in [0.25, 0.3) is 6.08 Å². The van der Waals surface area contributed by atoms with Crippen LogP contribution >= 0.6 is 0 Å². The standard InChI is InChI=1S/C21H34OSi/c1-8-12-20(15-16-22-23(6,7)21(3,4)5)18(2)17-19-13-10-9-11-14-19/h9-11,13-17,20H,8,12H2,1-7H3/b16-15-,18-17+. The van der Waals surface area contributed by atoms with Gasteiger partial charge in [0.05, 0.1) is 6.26 Å². The van der Waals surface area contributed by atoms with Crippen molar-refractivity contribution < 1.29 is 4.43 Å². The molecule has 1 aromatic rings. The van der Waals surface area contributed by atoms with Crippen molar-refractivity contribution >= 4 is 14.4 Å². The molecule has 1 unspecified atom stereocenters. The monoisotopic (exact) mass is 330 g/mol. The van der Waals surface area contributed by atoms with Crippen molar-refractivity contribution in [3.8, 4) is 0 Å². The maximum absolute atomic E-state index is 6.20. The molecule has 0 amide bonds. The van der Waals surface area contributed by atoms with Gasteiger partial charge in [0.15, 0.2) is 0 Å². The summed E-state index contributed by atoms with van der Waals surface area (Å²) in [5, 5.41) is 0.243. The van der Waals surface area contributed by atoms with Gasteiger partial charge in [0.1, 0.15) is 0 Å². The van der Waals surface area contributed by atoms with Crippen molar-refractivity contribution in [3.63, 3.8) is 0 Å². The van der Waals surface area contributed by atoms with Crippen molar-refractivity contribution in [1.29, 1.82) is 0 Å². The minimum atomic E-state index is -1.71. The maximum atomic E-state index is 6.20. The highest BCUT2D eigenvalue weighted by Gasteiger charge is 2.37. The van der Waals surface area contributed by atoms with Gasteiger partial charge in [0, 0.05) is 5.92 Å². The van der Waals surface area contributed by atoms with Crippen LogP contribution in [0.4, 0.5) is 0 Å². The summed E-state index contributed by atoms with van der Waals surface area (Å²) in [4.78, 5) is 0. The van der Waals surface area contributed by atoms with Crippen molar-refractivity contribution in [2.75, 3.05) is 0 Å². The summed E-state index contributed by atoms with van der Waals surface area (Å²) in [5.74, 6) is 0.449. The Balaban J connectivity index is 2.83. The Morgan fingerprint density at radius 3 is 2.30 bits per heavy atom. The van der Waals surface area contributed by atoms with E-state index in [2.05, 4.69) is 90.2 Å². The average Bonchev–Trinajstić information content (AvgIpc) is 2.46. The third kappa shape index (κ3) is 6.38. The topological polar surface area (TPSA) is 9.23 Å². The smallest absolute Gasteiger partial charge is 0.249 e. The molecule has 0 saturated heterocycles. The van der Waals surface area contributed by atoms with Crippen LogP contribution in [-0.2, 0) is 4.43 Å². The summed E-state index contributed by atoms with van der Waals surface area (Å²) < 4.78 is 6.20. The Morgan fingerprint density at radius 1 is 1.17 bits per heavy atom. The second kappa shape index (κ2) is 8.54. The first-order valence-corrected chi connectivity index (χ1v) is 11.7. The molecular weight excluding hydrogens is 296 g/mol. The predicted molar refractivity (Wildman–Crippen MR) is 106 cm³/mol. The van der Waals surface area contributed by atoms with E-state index in [-0.39, 0.29) is 5.04 Å². The molecule has 0 spiro atoms. The lowest BCUT2D eigenvalue weighted by Crippen LogP contribution is -2.39. The molecule has 1 aromatic carbocycles. The van der Waals surface area contributed by atoms with Gasteiger partial charge in [0.25, 0.3) is 0 Å². The number of hydrogen-bond acceptors (Lipinski definition) is 1. The minimum absolute atomic E-state index is 0.243. The summed E-state index contributed by atoms with van der Waals surface area (Å²) in [7, 11) is -1.71. The van der Waals surface area contributed by atoms with E-state index in [9.17, 15) is 0 Å². The zero-order chi connectivity index (χ0) is 17.5. The van der Waals surface area contributed by atoms with Crippen LogP contribution in [0.1, 0.15) is 53.0 Å². The Hall–Kier alpha value is -1.28. The molecule has 0 fully saturated rings. The van der Waals surface area contributed by atoms with E-state index in [1.54, 1.807) is 0 Å². The van der Waals surface area contributed by atoms with Gasteiger partial charge in [-0.25, -0.2) is 0 Å². The van der Waals surface area contributed by atoms with Crippen LogP contribution in [0.2, 0.25) is 18.1 Å². The highest BCUT2D eigenvalue weighted by Crippen LogP contribution is 2.36. The Kier molecular flexibility index (Phi) is 7.33. The van der Waals surface area contributed by atoms with Gasteiger partial charge in [-0.1, -0.05) is 76.1 Å². The molecule has 0 aliphatic heterocycles. The average molecular weight is 331 g/mol. The molecule has 2 heteroatoms. The largest absolute Gasteiger partial charge is 0.549 e. The minimum Gasteiger partial charge on any atom is -0.549 e. The second-order valence-electron chi connectivity index (χ2n) is 7.90. The van der Waals surface area contributed by atoms with E-state index in [1.807, 2.05) is 6.26 Å². The summed E-state index contributed by atoms with van der Waals surface area (Å²) in [6, 6.07) is 10.5. The van der Waals surface area contributed by atoms with Crippen molar-refractivity contribution in [2.24, 2.45) is 5.92 Å². The third-order valence-corrected chi connectivity index (χ3v) is 9.20. The van der Waals surface area contributed by atoms with E-state index in [0.717, 1.165) is 6.42 Å². The number of allylic oxidation sites excluding steroid dienone is 2. The lowest BCUT2D eigenvalue weighted by molar-refractivity contribution is 0.425. The van der Waals surface area contributed by atoms with Gasteiger partial charge in [-0.3, -0.25) is 0 Å². The fourth-order valence-electron chi connectivity index (χ4n) is 2.19. The molecule has 0 aromatic heterocycles. The fraction of sp³-hybridized carbons (Fsp3) is 0.524. The number of hydrogen-bond donors (Lipinski definition) is 0. The molecule has 1 rings (SSSR count). The van der Waals surface area contributed by atoms with Gasteiger partial charge < -0.3 is 4.43 Å². The van der Waals surface area contributed by atoms with E-state index >= 15 is 0 Å². The summed E-state index contributed by atoms with van der Waals surface area (Å²) in [6.07, 6.45) is 8.84. The Bertz CT molecular complexity index is 521. The van der Waals surface area contributed by atoms with Crippen molar-refractivity contribution in [3.05, 3.63) is 53.8 Å². The molecule has 1 nitrogen and oxygen atoms in total. The van der Waals surface area contributed by atoms with Crippen LogP contribution < -0.4 is 0 Å². The molecule has 0 saturated carbocycles. The van der Waals surface area contributed by atoms with Crippen molar-refractivity contribution in [1.82, 2.24) is 0 Å². The maximum Gasteiger partial charge on any atom is 0.249 e. The van der Waals surface area contributed by atoms with E-state index < -0.39 is 8.32 Å². The first-order valence-electron chi connectivity index (χ1n) is 8.75. The first kappa shape index (κ1) is 19.8. The summed E-state index contributed by atoms with van der Waals surface area (Å²) in [5.41, 5.74) is 2.66. The van der Waals surface area contributed by atoms with E-state index in [4.69, 9.17) is 4.43 Å². The molecule has 0 bridgehead atoms. The van der Waals surface area contributed by atoms with Gasteiger partial charge >= 0.3 is 0 Å². The fourth-order valence-corrected chi connectivity index (χ4v) is 2.96. The molecule has 0 aliphatic carbocycles. The lowest BCUT2D eigenvalue weighted by atomic mass is 9.94. The molecule has 0 N–H and O–H groups in total. The van der Waals surface area contributed by atoms with Gasteiger partial charge in [-0.05, 0) is 43.1 Å². The Labute approximate surface area is 144 Å². The van der Waals surface area contributed by atoms with Crippen LogP contribution in [0.15, 0.2) is 48.2 Å². The molecule has 0 radical (unpaired) electrons. The highest BCUT2D eigenvalue weighted by molar-refractivity contribution is 6.74. The van der Waals surface area contributed by atoms with Crippen LogP contribution in [0.3, 0.4) is 0 Å². The zero-order valence-corrected chi connectivity index (χ0v) is 17.0. The molecule has 1 atom stereocenters. The van der Waals surface area contributed by atoms with Crippen LogP contribution in [0, 0.1) is 5.92 Å². The normalized spacial score (nSPS) is 15.0. The zero-order valence-electron chi connectivity index (χ0n) is 16.0. The SMILES string of the molecule is CCCC(/C=C\O[Si](C)(C)C(C)(C)C)/C(C)=C/c1ccccc1. The number of rotatable bonds is 7. The molecular formula is C21H34OSi. The highest BCUT2D eigenvalue weighted by atomic mass is 28.4. The number of benzene rings is 1. The van der Waals surface area contributed by atoms with Crippen molar-refractivity contribution in [2.45, 2.75) is 65.6 Å².